The average molecular weight is 302 g/mol. The molecule has 118 valence electrons. The second-order valence-corrected chi connectivity index (χ2v) is 6.17. The van der Waals surface area contributed by atoms with Crippen molar-refractivity contribution in [3.05, 3.63) is 42.0 Å². The van der Waals surface area contributed by atoms with E-state index in [1.165, 1.54) is 4.90 Å². The number of benzene rings is 1. The van der Waals surface area contributed by atoms with Crippen LogP contribution in [0.3, 0.4) is 0 Å². The third-order valence-corrected chi connectivity index (χ3v) is 2.99. The van der Waals surface area contributed by atoms with Gasteiger partial charge in [-0.3, -0.25) is 4.57 Å². The molecule has 0 saturated carbocycles. The maximum absolute atomic E-state index is 12.1. The van der Waals surface area contributed by atoms with Gasteiger partial charge < -0.3 is 9.64 Å². The number of carbonyl (C=O) groups excluding carboxylic acids is 1. The zero-order valence-corrected chi connectivity index (χ0v) is 13.7. The van der Waals surface area contributed by atoms with Crippen LogP contribution >= 0.6 is 0 Å². The lowest BCUT2D eigenvalue weighted by Gasteiger charge is -2.24. The van der Waals surface area contributed by atoms with Crippen molar-refractivity contribution >= 4 is 6.09 Å². The lowest BCUT2D eigenvalue weighted by Crippen LogP contribution is -2.34. The molecule has 1 amide bonds. The van der Waals surface area contributed by atoms with Crippen molar-refractivity contribution in [2.75, 3.05) is 7.05 Å². The van der Waals surface area contributed by atoms with Crippen LogP contribution in [0.2, 0.25) is 0 Å². The van der Waals surface area contributed by atoms with Gasteiger partial charge in [0.2, 0.25) is 0 Å². The van der Waals surface area contributed by atoms with Crippen molar-refractivity contribution in [3.8, 4) is 5.69 Å². The van der Waals surface area contributed by atoms with Gasteiger partial charge in [-0.05, 0) is 39.8 Å². The molecule has 6 heteroatoms. The number of ether oxygens (including phenoxy) is 1. The first-order chi connectivity index (χ1) is 10.3. The fourth-order valence-corrected chi connectivity index (χ4v) is 2.04. The predicted octanol–water partition coefficient (Wildman–Crippen LogP) is 2.94. The molecule has 2 aromatic rings. The normalized spacial score (nSPS) is 11.3. The molecule has 0 atom stereocenters. The Hall–Kier alpha value is -2.37. The minimum atomic E-state index is -0.519. The molecule has 22 heavy (non-hydrogen) atoms. The smallest absolute Gasteiger partial charge is 0.410 e. The molecule has 0 radical (unpaired) electrons. The van der Waals surface area contributed by atoms with E-state index in [9.17, 15) is 4.79 Å². The first-order valence-corrected chi connectivity index (χ1v) is 7.18. The van der Waals surface area contributed by atoms with Crippen molar-refractivity contribution in [2.45, 2.75) is 39.8 Å². The van der Waals surface area contributed by atoms with Crippen LogP contribution in [0, 0.1) is 6.92 Å². The zero-order chi connectivity index (χ0) is 16.3. The monoisotopic (exact) mass is 302 g/mol. The summed E-state index contributed by atoms with van der Waals surface area (Å²) >= 11 is 0. The topological polar surface area (TPSA) is 60.3 Å². The van der Waals surface area contributed by atoms with Gasteiger partial charge in [-0.2, -0.15) is 0 Å². The SMILES string of the molecule is Cc1nnc(CN(C)C(=O)OC(C)(C)C)n1-c1ccccc1. The summed E-state index contributed by atoms with van der Waals surface area (Å²) in [6, 6.07) is 9.82. The van der Waals surface area contributed by atoms with E-state index in [2.05, 4.69) is 10.2 Å². The zero-order valence-electron chi connectivity index (χ0n) is 13.7. The first-order valence-electron chi connectivity index (χ1n) is 7.18. The summed E-state index contributed by atoms with van der Waals surface area (Å²) in [5.41, 5.74) is 0.451. The van der Waals surface area contributed by atoms with Crippen molar-refractivity contribution in [1.29, 1.82) is 0 Å². The number of aryl methyl sites for hydroxylation is 1. The van der Waals surface area contributed by atoms with E-state index in [0.717, 1.165) is 11.5 Å². The Morgan fingerprint density at radius 3 is 2.45 bits per heavy atom. The van der Waals surface area contributed by atoms with Crippen LogP contribution in [0.1, 0.15) is 32.4 Å². The highest BCUT2D eigenvalue weighted by Crippen LogP contribution is 2.15. The highest BCUT2D eigenvalue weighted by molar-refractivity contribution is 5.67. The summed E-state index contributed by atoms with van der Waals surface area (Å²) in [5, 5.41) is 8.29. The van der Waals surface area contributed by atoms with E-state index >= 15 is 0 Å². The summed E-state index contributed by atoms with van der Waals surface area (Å²) in [6.07, 6.45) is -0.382. The molecular weight excluding hydrogens is 280 g/mol. The maximum atomic E-state index is 12.1. The van der Waals surface area contributed by atoms with Crippen LogP contribution in [-0.4, -0.2) is 38.4 Å². The molecule has 0 N–H and O–H groups in total. The molecule has 0 bridgehead atoms. The molecule has 1 heterocycles. The van der Waals surface area contributed by atoms with Gasteiger partial charge >= 0.3 is 6.09 Å². The van der Waals surface area contributed by atoms with E-state index < -0.39 is 5.60 Å². The van der Waals surface area contributed by atoms with Crippen LogP contribution in [0.4, 0.5) is 4.79 Å². The van der Waals surface area contributed by atoms with Gasteiger partial charge in [-0.15, -0.1) is 10.2 Å². The highest BCUT2D eigenvalue weighted by atomic mass is 16.6. The summed E-state index contributed by atoms with van der Waals surface area (Å²) in [6.45, 7) is 7.74. The summed E-state index contributed by atoms with van der Waals surface area (Å²) < 4.78 is 7.29. The lowest BCUT2D eigenvalue weighted by molar-refractivity contribution is 0.0280. The van der Waals surface area contributed by atoms with E-state index in [-0.39, 0.29) is 6.09 Å². The van der Waals surface area contributed by atoms with Crippen molar-refractivity contribution in [2.24, 2.45) is 0 Å². The minimum absolute atomic E-state index is 0.324. The summed E-state index contributed by atoms with van der Waals surface area (Å²) in [5.74, 6) is 1.47. The van der Waals surface area contributed by atoms with Gasteiger partial charge in [0, 0.05) is 12.7 Å². The second-order valence-electron chi connectivity index (χ2n) is 6.17. The molecule has 1 aromatic carbocycles. The van der Waals surface area contributed by atoms with Crippen molar-refractivity contribution in [3.63, 3.8) is 0 Å². The third kappa shape index (κ3) is 3.84. The Kier molecular flexibility index (Phi) is 4.49. The average Bonchev–Trinajstić information content (AvgIpc) is 2.78. The quantitative estimate of drug-likeness (QED) is 0.874. The van der Waals surface area contributed by atoms with Crippen LogP contribution in [-0.2, 0) is 11.3 Å². The molecule has 0 fully saturated rings. The largest absolute Gasteiger partial charge is 0.444 e. The number of rotatable bonds is 3. The van der Waals surface area contributed by atoms with Gasteiger partial charge in [0.25, 0.3) is 0 Å². The molecular formula is C16H22N4O2. The fraction of sp³-hybridized carbons (Fsp3) is 0.438. The van der Waals surface area contributed by atoms with Gasteiger partial charge in [0.1, 0.15) is 11.4 Å². The number of amides is 1. The van der Waals surface area contributed by atoms with Crippen molar-refractivity contribution < 1.29 is 9.53 Å². The van der Waals surface area contributed by atoms with Crippen molar-refractivity contribution in [1.82, 2.24) is 19.7 Å². The molecule has 0 unspecified atom stereocenters. The first kappa shape index (κ1) is 16.0. The lowest BCUT2D eigenvalue weighted by atomic mass is 10.2. The molecule has 2 rings (SSSR count). The number of para-hydroxylation sites is 1. The Morgan fingerprint density at radius 1 is 1.23 bits per heavy atom. The number of nitrogens with zero attached hydrogens (tertiary/aromatic N) is 4. The molecule has 6 nitrogen and oxygen atoms in total. The van der Waals surface area contributed by atoms with Crippen LogP contribution < -0.4 is 0 Å². The van der Waals surface area contributed by atoms with Gasteiger partial charge in [-0.25, -0.2) is 4.79 Å². The van der Waals surface area contributed by atoms with E-state index in [1.54, 1.807) is 7.05 Å². The maximum Gasteiger partial charge on any atom is 0.410 e. The highest BCUT2D eigenvalue weighted by Gasteiger charge is 2.21. The number of hydrogen-bond acceptors (Lipinski definition) is 4. The third-order valence-electron chi connectivity index (χ3n) is 2.99. The van der Waals surface area contributed by atoms with Crippen LogP contribution in [0.5, 0.6) is 0 Å². The molecule has 0 aliphatic carbocycles. The molecule has 1 aromatic heterocycles. The molecule has 0 aliphatic rings. The Balaban J connectivity index is 2.19. The Labute approximate surface area is 130 Å². The molecule has 0 aliphatic heterocycles. The number of aromatic nitrogens is 3. The van der Waals surface area contributed by atoms with E-state index in [1.807, 2.05) is 62.6 Å². The van der Waals surface area contributed by atoms with Gasteiger partial charge in [0.15, 0.2) is 5.82 Å². The fourth-order valence-electron chi connectivity index (χ4n) is 2.04. The van der Waals surface area contributed by atoms with Gasteiger partial charge in [-0.1, -0.05) is 18.2 Å². The second kappa shape index (κ2) is 6.17. The summed E-state index contributed by atoms with van der Waals surface area (Å²) in [7, 11) is 1.69. The number of hydrogen-bond donors (Lipinski definition) is 0. The van der Waals surface area contributed by atoms with Crippen LogP contribution in [0.15, 0.2) is 30.3 Å². The van der Waals surface area contributed by atoms with Crippen LogP contribution in [0.25, 0.3) is 5.69 Å². The van der Waals surface area contributed by atoms with E-state index in [0.29, 0.717) is 12.4 Å². The molecule has 0 spiro atoms. The predicted molar refractivity (Wildman–Crippen MR) is 83.8 cm³/mol. The van der Waals surface area contributed by atoms with Gasteiger partial charge in [0.05, 0.1) is 6.54 Å². The standard InChI is InChI=1S/C16H22N4O2/c1-12-17-18-14(20(12)13-9-7-6-8-10-13)11-19(5)15(21)22-16(2,3)4/h6-10H,11H2,1-5H3. The Bertz CT molecular complexity index is 644. The molecule has 0 saturated heterocycles. The Morgan fingerprint density at radius 2 is 1.86 bits per heavy atom. The minimum Gasteiger partial charge on any atom is -0.444 e. The summed E-state index contributed by atoms with van der Waals surface area (Å²) in [4.78, 5) is 13.6. The van der Waals surface area contributed by atoms with E-state index in [4.69, 9.17) is 4.74 Å². The number of carbonyl (C=O) groups is 1.